The first-order valence-electron chi connectivity index (χ1n) is 4.82. The summed E-state index contributed by atoms with van der Waals surface area (Å²) in [5, 5.41) is 2.76. The van der Waals surface area contributed by atoms with Gasteiger partial charge in [0.1, 0.15) is 5.75 Å². The number of hydrogen-bond donors (Lipinski definition) is 1. The molecule has 3 nitrogen and oxygen atoms in total. The summed E-state index contributed by atoms with van der Waals surface area (Å²) in [7, 11) is 1.59. The van der Waals surface area contributed by atoms with Crippen LogP contribution in [-0.4, -0.2) is 13.0 Å². The average molecular weight is 284 g/mol. The summed E-state index contributed by atoms with van der Waals surface area (Å²) in [6, 6.07) is 5.40. The van der Waals surface area contributed by atoms with Gasteiger partial charge in [0, 0.05) is 17.8 Å². The second-order valence-corrected chi connectivity index (χ2v) is 4.41. The Hall–Kier alpha value is -1.29. The van der Waals surface area contributed by atoms with Gasteiger partial charge in [-0.2, -0.15) is 0 Å². The molecule has 0 unspecified atom stereocenters. The zero-order chi connectivity index (χ0) is 12.1. The zero-order valence-corrected chi connectivity index (χ0v) is 11.1. The lowest BCUT2D eigenvalue weighted by atomic mass is 10.2. The van der Waals surface area contributed by atoms with Gasteiger partial charge in [-0.1, -0.05) is 5.57 Å². The highest BCUT2D eigenvalue weighted by Gasteiger charge is 2.03. The van der Waals surface area contributed by atoms with Gasteiger partial charge in [-0.25, -0.2) is 0 Å². The van der Waals surface area contributed by atoms with E-state index >= 15 is 0 Å². The van der Waals surface area contributed by atoms with Crippen molar-refractivity contribution in [3.63, 3.8) is 0 Å². The van der Waals surface area contributed by atoms with Gasteiger partial charge in [0.05, 0.1) is 11.6 Å². The molecule has 0 aliphatic carbocycles. The highest BCUT2D eigenvalue weighted by molar-refractivity contribution is 9.10. The van der Waals surface area contributed by atoms with Gasteiger partial charge in [-0.3, -0.25) is 4.79 Å². The second kappa shape index (κ2) is 5.70. The molecule has 0 aromatic heterocycles. The molecule has 0 bridgehead atoms. The Kier molecular flexibility index (Phi) is 4.55. The van der Waals surface area contributed by atoms with Crippen LogP contribution in [0.2, 0.25) is 0 Å². The molecule has 0 atom stereocenters. The number of benzene rings is 1. The van der Waals surface area contributed by atoms with Crippen LogP contribution in [-0.2, 0) is 4.79 Å². The molecule has 4 heteroatoms. The van der Waals surface area contributed by atoms with E-state index in [0.717, 1.165) is 10.0 Å². The first-order valence-corrected chi connectivity index (χ1v) is 5.61. The van der Waals surface area contributed by atoms with Crippen LogP contribution < -0.4 is 10.1 Å². The number of methoxy groups -OCH3 is 1. The Morgan fingerprint density at radius 1 is 1.44 bits per heavy atom. The minimum Gasteiger partial charge on any atom is -0.495 e. The molecule has 86 valence electrons. The lowest BCUT2D eigenvalue weighted by molar-refractivity contribution is -0.111. The van der Waals surface area contributed by atoms with E-state index in [1.807, 2.05) is 26.0 Å². The van der Waals surface area contributed by atoms with Gasteiger partial charge in [-0.15, -0.1) is 0 Å². The van der Waals surface area contributed by atoms with Crippen molar-refractivity contribution >= 4 is 27.5 Å². The molecule has 1 N–H and O–H groups in total. The molecule has 0 radical (unpaired) electrons. The van der Waals surface area contributed by atoms with Crippen LogP contribution in [0.25, 0.3) is 0 Å². The lowest BCUT2D eigenvalue weighted by Crippen LogP contribution is -2.08. The number of hydrogen-bond acceptors (Lipinski definition) is 2. The third-order valence-corrected chi connectivity index (χ3v) is 2.49. The SMILES string of the molecule is COc1cc(NC(=O)C=C(C)C)ccc1Br. The summed E-state index contributed by atoms with van der Waals surface area (Å²) < 4.78 is 5.99. The van der Waals surface area contributed by atoms with Gasteiger partial charge in [-0.05, 0) is 41.9 Å². The lowest BCUT2D eigenvalue weighted by Gasteiger charge is -2.07. The molecule has 1 aromatic carbocycles. The molecule has 0 saturated carbocycles. The molecule has 0 saturated heterocycles. The number of carbonyl (C=O) groups excluding carboxylic acids is 1. The highest BCUT2D eigenvalue weighted by Crippen LogP contribution is 2.27. The fourth-order valence-corrected chi connectivity index (χ4v) is 1.59. The summed E-state index contributed by atoms with van der Waals surface area (Å²) in [5.74, 6) is 0.555. The molecule has 0 aliphatic heterocycles. The van der Waals surface area contributed by atoms with Crippen LogP contribution in [0.3, 0.4) is 0 Å². The van der Waals surface area contributed by atoms with Crippen molar-refractivity contribution in [2.45, 2.75) is 13.8 Å². The largest absolute Gasteiger partial charge is 0.495 e. The smallest absolute Gasteiger partial charge is 0.248 e. The number of halogens is 1. The predicted molar refractivity (Wildman–Crippen MR) is 68.8 cm³/mol. The van der Waals surface area contributed by atoms with E-state index < -0.39 is 0 Å². The van der Waals surface area contributed by atoms with Crippen molar-refractivity contribution in [2.75, 3.05) is 12.4 Å². The Bertz CT molecular complexity index is 423. The Morgan fingerprint density at radius 3 is 2.69 bits per heavy atom. The molecular weight excluding hydrogens is 270 g/mol. The van der Waals surface area contributed by atoms with E-state index in [-0.39, 0.29) is 5.91 Å². The van der Waals surface area contributed by atoms with Gasteiger partial charge < -0.3 is 10.1 Å². The number of allylic oxidation sites excluding steroid dienone is 1. The van der Waals surface area contributed by atoms with Crippen LogP contribution in [0, 0.1) is 0 Å². The van der Waals surface area contributed by atoms with Crippen molar-refractivity contribution in [2.24, 2.45) is 0 Å². The Morgan fingerprint density at radius 2 is 2.12 bits per heavy atom. The fraction of sp³-hybridized carbons (Fsp3) is 0.250. The number of rotatable bonds is 3. The topological polar surface area (TPSA) is 38.3 Å². The van der Waals surface area contributed by atoms with E-state index in [1.54, 1.807) is 19.3 Å². The molecule has 1 amide bonds. The minimum atomic E-state index is -0.135. The fourth-order valence-electron chi connectivity index (χ4n) is 1.18. The molecule has 0 spiro atoms. The summed E-state index contributed by atoms with van der Waals surface area (Å²) in [6.45, 7) is 3.75. The number of amides is 1. The molecule has 0 aliphatic rings. The third-order valence-electron chi connectivity index (χ3n) is 1.84. The molecule has 0 fully saturated rings. The van der Waals surface area contributed by atoms with Crippen LogP contribution in [0.4, 0.5) is 5.69 Å². The second-order valence-electron chi connectivity index (χ2n) is 3.56. The van der Waals surface area contributed by atoms with Gasteiger partial charge in [0.2, 0.25) is 5.91 Å². The maximum Gasteiger partial charge on any atom is 0.248 e. The van der Waals surface area contributed by atoms with E-state index in [0.29, 0.717) is 11.4 Å². The van der Waals surface area contributed by atoms with Crippen LogP contribution >= 0.6 is 15.9 Å². The van der Waals surface area contributed by atoms with Crippen molar-refractivity contribution in [1.29, 1.82) is 0 Å². The van der Waals surface area contributed by atoms with Crippen molar-refractivity contribution in [3.8, 4) is 5.75 Å². The van der Waals surface area contributed by atoms with E-state index in [4.69, 9.17) is 4.74 Å². The molecular formula is C12H14BrNO2. The molecule has 1 aromatic rings. The molecule has 0 heterocycles. The zero-order valence-electron chi connectivity index (χ0n) is 9.50. The van der Waals surface area contributed by atoms with Crippen LogP contribution in [0.5, 0.6) is 5.75 Å². The normalized spacial score (nSPS) is 9.50. The predicted octanol–water partition coefficient (Wildman–Crippen LogP) is 3.36. The van der Waals surface area contributed by atoms with Crippen molar-refractivity contribution < 1.29 is 9.53 Å². The standard InChI is InChI=1S/C12H14BrNO2/c1-8(2)6-12(15)14-9-4-5-10(13)11(7-9)16-3/h4-7H,1-3H3,(H,14,15). The number of ether oxygens (including phenoxy) is 1. The monoisotopic (exact) mass is 283 g/mol. The van der Waals surface area contributed by atoms with E-state index in [1.165, 1.54) is 0 Å². The summed E-state index contributed by atoms with van der Waals surface area (Å²) in [6.07, 6.45) is 1.55. The van der Waals surface area contributed by atoms with Crippen LogP contribution in [0.15, 0.2) is 34.3 Å². The van der Waals surface area contributed by atoms with E-state index in [2.05, 4.69) is 21.2 Å². The molecule has 16 heavy (non-hydrogen) atoms. The number of anilines is 1. The number of carbonyl (C=O) groups is 1. The number of nitrogens with one attached hydrogen (secondary N) is 1. The van der Waals surface area contributed by atoms with E-state index in [9.17, 15) is 4.79 Å². The van der Waals surface area contributed by atoms with Gasteiger partial charge >= 0.3 is 0 Å². The minimum absolute atomic E-state index is 0.135. The Balaban J connectivity index is 2.82. The summed E-state index contributed by atoms with van der Waals surface area (Å²) >= 11 is 3.35. The van der Waals surface area contributed by atoms with Gasteiger partial charge in [0.15, 0.2) is 0 Å². The van der Waals surface area contributed by atoms with Gasteiger partial charge in [0.25, 0.3) is 0 Å². The first-order chi connectivity index (χ1) is 7.52. The highest BCUT2D eigenvalue weighted by atomic mass is 79.9. The van der Waals surface area contributed by atoms with Crippen molar-refractivity contribution in [1.82, 2.24) is 0 Å². The van der Waals surface area contributed by atoms with Crippen molar-refractivity contribution in [3.05, 3.63) is 34.3 Å². The average Bonchev–Trinajstić information content (AvgIpc) is 2.19. The maximum atomic E-state index is 11.5. The van der Waals surface area contributed by atoms with Crippen LogP contribution in [0.1, 0.15) is 13.8 Å². The quantitative estimate of drug-likeness (QED) is 0.864. The first kappa shape index (κ1) is 12.8. The molecule has 1 rings (SSSR count). The summed E-state index contributed by atoms with van der Waals surface area (Å²) in [4.78, 5) is 11.5. The summed E-state index contributed by atoms with van der Waals surface area (Å²) in [5.41, 5.74) is 1.67. The third kappa shape index (κ3) is 3.70. The maximum absolute atomic E-state index is 11.5. The Labute approximate surface area is 104 Å².